The molecule has 6 nitrogen and oxygen atoms in total. The summed E-state index contributed by atoms with van der Waals surface area (Å²) in [5, 5.41) is 6.00. The third-order valence-corrected chi connectivity index (χ3v) is 7.29. The highest BCUT2D eigenvalue weighted by Crippen LogP contribution is 2.32. The van der Waals surface area contributed by atoms with Crippen LogP contribution in [0.3, 0.4) is 0 Å². The summed E-state index contributed by atoms with van der Waals surface area (Å²) in [6, 6.07) is 4.49. The van der Waals surface area contributed by atoms with Gasteiger partial charge in [0, 0.05) is 41.2 Å². The second kappa shape index (κ2) is 10.9. The molecular formula is C25H23F5N4O2S. The number of thiazole rings is 1. The van der Waals surface area contributed by atoms with Crippen molar-refractivity contribution in [2.45, 2.75) is 44.8 Å². The van der Waals surface area contributed by atoms with Crippen LogP contribution >= 0.6 is 11.3 Å². The van der Waals surface area contributed by atoms with Crippen molar-refractivity contribution in [2.75, 3.05) is 13.1 Å². The van der Waals surface area contributed by atoms with Crippen molar-refractivity contribution in [2.24, 2.45) is 0 Å². The fourth-order valence-electron chi connectivity index (χ4n) is 4.17. The van der Waals surface area contributed by atoms with Crippen molar-refractivity contribution < 1.29 is 31.5 Å². The van der Waals surface area contributed by atoms with Gasteiger partial charge in [0.15, 0.2) is 12.0 Å². The first kappa shape index (κ1) is 26.6. The number of halogens is 5. The molecule has 0 atom stereocenters. The Morgan fingerprint density at radius 1 is 1.19 bits per heavy atom. The van der Waals surface area contributed by atoms with Gasteiger partial charge in [0.1, 0.15) is 18.2 Å². The van der Waals surface area contributed by atoms with Crippen molar-refractivity contribution >= 4 is 29.1 Å². The third kappa shape index (κ3) is 6.12. The van der Waals surface area contributed by atoms with Gasteiger partial charge in [0.2, 0.25) is 5.91 Å². The van der Waals surface area contributed by atoms with Crippen LogP contribution in [0.1, 0.15) is 46.4 Å². The van der Waals surface area contributed by atoms with Crippen LogP contribution in [-0.2, 0) is 28.7 Å². The van der Waals surface area contributed by atoms with Gasteiger partial charge in [-0.25, -0.2) is 13.8 Å². The van der Waals surface area contributed by atoms with E-state index in [2.05, 4.69) is 10.1 Å². The zero-order valence-corrected chi connectivity index (χ0v) is 20.6. The Kier molecular flexibility index (Phi) is 7.86. The normalized spacial score (nSPS) is 15.3. The van der Waals surface area contributed by atoms with Gasteiger partial charge in [0.25, 0.3) is 0 Å². The number of aromatic nitrogens is 3. The quantitative estimate of drug-likeness (QED) is 0.236. The number of hydrogen-bond donors (Lipinski definition) is 0. The molecule has 1 fully saturated rings. The average Bonchev–Trinajstić information content (AvgIpc) is 3.48. The molecule has 0 N–H and O–H groups in total. The van der Waals surface area contributed by atoms with E-state index in [1.807, 2.05) is 0 Å². The molecule has 3 heterocycles. The van der Waals surface area contributed by atoms with E-state index in [0.717, 1.165) is 27.9 Å². The molecule has 0 bridgehead atoms. The predicted octanol–water partition coefficient (Wildman–Crippen LogP) is 5.18. The van der Waals surface area contributed by atoms with Crippen molar-refractivity contribution in [3.05, 3.63) is 75.0 Å². The Morgan fingerprint density at radius 3 is 2.46 bits per heavy atom. The number of rotatable bonds is 7. The molecule has 2 aromatic heterocycles. The Morgan fingerprint density at radius 2 is 1.86 bits per heavy atom. The van der Waals surface area contributed by atoms with Gasteiger partial charge >= 0.3 is 6.18 Å². The lowest BCUT2D eigenvalue weighted by atomic mass is 9.97. The number of aryl methyl sites for hydroxylation is 1. The van der Waals surface area contributed by atoms with Crippen molar-refractivity contribution in [3.63, 3.8) is 0 Å². The van der Waals surface area contributed by atoms with Gasteiger partial charge in [-0.05, 0) is 44.4 Å². The lowest BCUT2D eigenvalue weighted by Gasteiger charge is -2.31. The highest BCUT2D eigenvalue weighted by atomic mass is 32.1. The monoisotopic (exact) mass is 538 g/mol. The molecule has 3 aromatic rings. The fraction of sp³-hybridized carbons (Fsp3) is 0.360. The van der Waals surface area contributed by atoms with E-state index < -0.39 is 23.5 Å². The summed E-state index contributed by atoms with van der Waals surface area (Å²) >= 11 is 1.36. The van der Waals surface area contributed by atoms with Crippen molar-refractivity contribution in [3.8, 4) is 0 Å². The highest BCUT2D eigenvalue weighted by molar-refractivity contribution is 7.09. The summed E-state index contributed by atoms with van der Waals surface area (Å²) in [4.78, 5) is 30.4. The summed E-state index contributed by atoms with van der Waals surface area (Å²) < 4.78 is 67.5. The topological polar surface area (TPSA) is 68.1 Å². The van der Waals surface area contributed by atoms with Gasteiger partial charge in [-0.15, -0.1) is 11.3 Å². The maximum atomic E-state index is 13.9. The van der Waals surface area contributed by atoms with Gasteiger partial charge in [-0.3, -0.25) is 14.3 Å². The standard InChI is InChI=1S/C25H23F5N4O2S/c1-15-11-22(25(28,29)30)32-34(15)12-23(36)33-9-7-16(8-10-33)24-31-21(14-37-24)17(13-35)5-6-18-19(26)3-2-4-20(18)27/h2-5,11,13-14,16H,6-10,12H2,1H3. The van der Waals surface area contributed by atoms with E-state index in [-0.39, 0.29) is 41.6 Å². The number of alkyl halides is 3. The predicted molar refractivity (Wildman–Crippen MR) is 127 cm³/mol. The van der Waals surface area contributed by atoms with Crippen LogP contribution < -0.4 is 0 Å². The molecule has 0 saturated carbocycles. The molecule has 1 saturated heterocycles. The summed E-state index contributed by atoms with van der Waals surface area (Å²) in [6.45, 7) is 2.02. The molecule has 1 aliphatic rings. The number of carbonyl (C=O) groups excluding carboxylic acids is 2. The summed E-state index contributed by atoms with van der Waals surface area (Å²) in [7, 11) is 0. The first-order valence-electron chi connectivity index (χ1n) is 11.5. The van der Waals surface area contributed by atoms with E-state index >= 15 is 0 Å². The second-order valence-corrected chi connectivity index (χ2v) is 9.62. The number of nitrogens with zero attached hydrogens (tertiary/aromatic N) is 4. The molecule has 12 heteroatoms. The minimum absolute atomic E-state index is 0.0444. The van der Waals surface area contributed by atoms with Crippen LogP contribution in [0.25, 0.3) is 5.57 Å². The number of allylic oxidation sites excluding steroid dienone is 2. The Labute approximate surface area is 213 Å². The van der Waals surface area contributed by atoms with Crippen LogP contribution in [0, 0.1) is 18.6 Å². The van der Waals surface area contributed by atoms with E-state index in [0.29, 0.717) is 37.9 Å². The number of aldehydes is 1. The summed E-state index contributed by atoms with van der Waals surface area (Å²) in [5.41, 5.74) is -0.263. The maximum Gasteiger partial charge on any atom is 0.435 e. The smallest absolute Gasteiger partial charge is 0.341 e. The highest BCUT2D eigenvalue weighted by Gasteiger charge is 2.35. The third-order valence-electron chi connectivity index (χ3n) is 6.29. The molecule has 196 valence electrons. The molecule has 1 aromatic carbocycles. The van der Waals surface area contributed by atoms with Crippen LogP contribution in [0.2, 0.25) is 0 Å². The van der Waals surface area contributed by atoms with Crippen LogP contribution in [-0.4, -0.2) is 44.9 Å². The minimum Gasteiger partial charge on any atom is -0.341 e. The molecule has 0 aliphatic carbocycles. The van der Waals surface area contributed by atoms with Crippen LogP contribution in [0.15, 0.2) is 35.7 Å². The lowest BCUT2D eigenvalue weighted by molar-refractivity contribution is -0.142. The Bertz CT molecular complexity index is 1300. The zero-order valence-electron chi connectivity index (χ0n) is 19.8. The Hall–Kier alpha value is -3.41. The first-order chi connectivity index (χ1) is 17.6. The average molecular weight is 539 g/mol. The van der Waals surface area contributed by atoms with Gasteiger partial charge < -0.3 is 4.90 Å². The number of benzene rings is 1. The van der Waals surface area contributed by atoms with Crippen LogP contribution in [0.4, 0.5) is 22.0 Å². The van der Waals surface area contributed by atoms with Gasteiger partial charge in [-0.1, -0.05) is 12.1 Å². The molecule has 1 amide bonds. The molecular weight excluding hydrogens is 515 g/mol. The number of hydrogen-bond acceptors (Lipinski definition) is 5. The fourth-order valence-corrected chi connectivity index (χ4v) is 5.17. The molecule has 0 radical (unpaired) electrons. The molecule has 0 unspecified atom stereocenters. The lowest BCUT2D eigenvalue weighted by Crippen LogP contribution is -2.40. The number of amides is 1. The molecule has 0 spiro atoms. The largest absolute Gasteiger partial charge is 0.435 e. The number of likely N-dealkylation sites (tertiary alicyclic amines) is 1. The summed E-state index contributed by atoms with van der Waals surface area (Å²) in [5.74, 6) is -1.65. The molecule has 37 heavy (non-hydrogen) atoms. The summed E-state index contributed by atoms with van der Waals surface area (Å²) in [6.07, 6.45) is -1.43. The molecule has 4 rings (SSSR count). The molecule has 1 aliphatic heterocycles. The van der Waals surface area contributed by atoms with E-state index in [1.54, 1.807) is 10.3 Å². The maximum absolute atomic E-state index is 13.9. The Balaban J connectivity index is 1.36. The van der Waals surface area contributed by atoms with E-state index in [9.17, 15) is 31.5 Å². The van der Waals surface area contributed by atoms with Gasteiger partial charge in [0.05, 0.1) is 10.7 Å². The van der Waals surface area contributed by atoms with E-state index in [4.69, 9.17) is 0 Å². The second-order valence-electron chi connectivity index (χ2n) is 8.73. The zero-order chi connectivity index (χ0) is 26.7. The number of carbonyl (C=O) groups is 2. The van der Waals surface area contributed by atoms with Crippen molar-refractivity contribution in [1.29, 1.82) is 0 Å². The van der Waals surface area contributed by atoms with Crippen molar-refractivity contribution in [1.82, 2.24) is 19.7 Å². The SMILES string of the molecule is Cc1cc(C(F)(F)F)nn1CC(=O)N1CCC(c2nc(C(C=O)=CCc3c(F)cccc3F)cs2)CC1. The number of piperidine rings is 1. The first-order valence-corrected chi connectivity index (χ1v) is 12.4. The van der Waals surface area contributed by atoms with Gasteiger partial charge in [-0.2, -0.15) is 18.3 Å². The minimum atomic E-state index is -4.57. The van der Waals surface area contributed by atoms with Crippen LogP contribution in [0.5, 0.6) is 0 Å². The van der Waals surface area contributed by atoms with E-state index in [1.165, 1.54) is 30.4 Å².